The molecule has 0 aliphatic heterocycles. The summed E-state index contributed by atoms with van der Waals surface area (Å²) in [4.78, 5) is 2.62. The van der Waals surface area contributed by atoms with Gasteiger partial charge in [-0.1, -0.05) is 5.11 Å². The molecule has 11 nitrogen and oxygen atoms in total. The van der Waals surface area contributed by atoms with Crippen LogP contribution in [0.5, 0.6) is 0 Å². The molecule has 0 rings (SSSR count). The first-order chi connectivity index (χ1) is 11.8. The first-order valence-electron chi connectivity index (χ1n) is 7.75. The van der Waals surface area contributed by atoms with Gasteiger partial charge in [-0.05, 0) is 5.53 Å². The van der Waals surface area contributed by atoms with E-state index in [0.717, 1.165) is 0 Å². The Labute approximate surface area is 141 Å². The van der Waals surface area contributed by atoms with Crippen molar-refractivity contribution in [3.63, 3.8) is 0 Å². The van der Waals surface area contributed by atoms with Crippen molar-refractivity contribution in [3.05, 3.63) is 10.4 Å². The van der Waals surface area contributed by atoms with Gasteiger partial charge >= 0.3 is 0 Å². The molecule has 0 unspecified atom stereocenters. The van der Waals surface area contributed by atoms with Crippen molar-refractivity contribution in [2.45, 2.75) is 0 Å². The summed E-state index contributed by atoms with van der Waals surface area (Å²) in [5.74, 6) is -0.0613. The largest absolute Gasteiger partial charge is 0.379 e. The van der Waals surface area contributed by atoms with Crippen molar-refractivity contribution in [1.29, 1.82) is 5.41 Å². The monoisotopic (exact) mass is 348 g/mol. The Bertz CT molecular complexity index is 323. The highest BCUT2D eigenvalue weighted by molar-refractivity contribution is 5.74. The normalized spacial score (nSPS) is 10.3. The van der Waals surface area contributed by atoms with Crippen molar-refractivity contribution in [2.24, 2.45) is 10.8 Å². The summed E-state index contributed by atoms with van der Waals surface area (Å²) in [7, 11) is 0. The van der Waals surface area contributed by atoms with Gasteiger partial charge in [0.25, 0.3) is 0 Å². The first kappa shape index (κ1) is 22.4. The number of hydrogen-bond donors (Lipinski definition) is 3. The maximum absolute atomic E-state index is 8.05. The molecule has 0 bridgehead atoms. The van der Waals surface area contributed by atoms with Crippen LogP contribution in [0.1, 0.15) is 0 Å². The summed E-state index contributed by atoms with van der Waals surface area (Å²) in [6.07, 6.45) is 0. The fraction of sp³-hybridized carbons (Fsp3) is 0.923. The number of guanidine groups is 1. The molecule has 4 N–H and O–H groups in total. The quantitative estimate of drug-likeness (QED) is 0.0777. The zero-order valence-corrected chi connectivity index (χ0v) is 13.9. The molecule has 140 valence electrons. The molecule has 0 fully saturated rings. The Morgan fingerprint density at radius 2 is 1.25 bits per heavy atom. The lowest BCUT2D eigenvalue weighted by Gasteiger charge is -2.08. The van der Waals surface area contributed by atoms with Gasteiger partial charge in [0.05, 0.1) is 66.1 Å². The van der Waals surface area contributed by atoms with Crippen LogP contribution in [-0.4, -0.2) is 85.1 Å². The molecule has 0 aromatic heterocycles. The fourth-order valence-corrected chi connectivity index (χ4v) is 1.39. The van der Waals surface area contributed by atoms with Gasteiger partial charge < -0.3 is 34.7 Å². The molecular weight excluding hydrogens is 320 g/mol. The predicted octanol–water partition coefficient (Wildman–Crippen LogP) is -0.137. The zero-order chi connectivity index (χ0) is 17.7. The average molecular weight is 348 g/mol. The summed E-state index contributed by atoms with van der Waals surface area (Å²) >= 11 is 0. The van der Waals surface area contributed by atoms with Gasteiger partial charge in [-0.25, -0.2) is 0 Å². The van der Waals surface area contributed by atoms with Crippen molar-refractivity contribution < 1.29 is 23.7 Å². The smallest absolute Gasteiger partial charge is 0.185 e. The van der Waals surface area contributed by atoms with E-state index in [2.05, 4.69) is 15.3 Å². The Hall–Kier alpha value is -1.62. The average Bonchev–Trinajstić information content (AvgIpc) is 2.56. The first-order valence-corrected chi connectivity index (χ1v) is 7.75. The van der Waals surface area contributed by atoms with Gasteiger partial charge in [0.15, 0.2) is 5.96 Å². The van der Waals surface area contributed by atoms with E-state index in [-0.39, 0.29) is 5.96 Å². The second-order valence-electron chi connectivity index (χ2n) is 4.36. The topological polar surface area (TPSA) is 157 Å². The maximum Gasteiger partial charge on any atom is 0.185 e. The third-order valence-electron chi connectivity index (χ3n) is 2.45. The van der Waals surface area contributed by atoms with Crippen LogP contribution in [0.3, 0.4) is 0 Å². The molecule has 0 aliphatic carbocycles. The van der Waals surface area contributed by atoms with Crippen LogP contribution < -0.4 is 11.1 Å². The highest BCUT2D eigenvalue weighted by atomic mass is 16.6. The molecule has 0 aromatic rings. The molecule has 0 spiro atoms. The SMILES string of the molecule is [N-]=[N+]=NCCOCCOCCOCCOCCOCCNC(=N)N. The van der Waals surface area contributed by atoms with E-state index in [4.69, 9.17) is 40.4 Å². The van der Waals surface area contributed by atoms with Gasteiger partial charge in [0.2, 0.25) is 0 Å². The minimum Gasteiger partial charge on any atom is -0.379 e. The van der Waals surface area contributed by atoms with E-state index in [1.54, 1.807) is 0 Å². The molecule has 24 heavy (non-hydrogen) atoms. The van der Waals surface area contributed by atoms with Crippen LogP contribution in [0.15, 0.2) is 5.11 Å². The molecule has 0 saturated heterocycles. The summed E-state index contributed by atoms with van der Waals surface area (Å²) in [6.45, 7) is 5.63. The van der Waals surface area contributed by atoms with E-state index < -0.39 is 0 Å². The minimum atomic E-state index is -0.0613. The van der Waals surface area contributed by atoms with Crippen LogP contribution >= 0.6 is 0 Å². The van der Waals surface area contributed by atoms with E-state index in [1.165, 1.54) is 0 Å². The highest BCUT2D eigenvalue weighted by Crippen LogP contribution is 1.84. The Balaban J connectivity index is 3.00. The van der Waals surface area contributed by atoms with Crippen molar-refractivity contribution in [2.75, 3.05) is 79.2 Å². The molecule has 0 atom stereocenters. The lowest BCUT2D eigenvalue weighted by Crippen LogP contribution is -2.33. The van der Waals surface area contributed by atoms with E-state index in [0.29, 0.717) is 79.2 Å². The van der Waals surface area contributed by atoms with Gasteiger partial charge in [-0.2, -0.15) is 0 Å². The van der Waals surface area contributed by atoms with E-state index in [1.807, 2.05) is 0 Å². The fourth-order valence-electron chi connectivity index (χ4n) is 1.39. The summed E-state index contributed by atoms with van der Waals surface area (Å²) in [6, 6.07) is 0. The molecule has 0 aliphatic rings. The molecule has 0 aromatic carbocycles. The number of ether oxygens (including phenoxy) is 5. The maximum atomic E-state index is 8.05. The van der Waals surface area contributed by atoms with Crippen LogP contribution in [0.4, 0.5) is 0 Å². The van der Waals surface area contributed by atoms with Crippen LogP contribution in [0.2, 0.25) is 0 Å². The third-order valence-corrected chi connectivity index (χ3v) is 2.45. The van der Waals surface area contributed by atoms with Crippen molar-refractivity contribution >= 4 is 5.96 Å². The molecule has 0 heterocycles. The van der Waals surface area contributed by atoms with Crippen LogP contribution in [0.25, 0.3) is 10.4 Å². The zero-order valence-electron chi connectivity index (χ0n) is 13.9. The van der Waals surface area contributed by atoms with Crippen LogP contribution in [-0.2, 0) is 23.7 Å². The number of nitrogens with one attached hydrogen (secondary N) is 2. The molecule has 0 saturated carbocycles. The number of hydrogen-bond acceptors (Lipinski definition) is 7. The third kappa shape index (κ3) is 20.4. The van der Waals surface area contributed by atoms with Gasteiger partial charge in [0, 0.05) is 18.0 Å². The minimum absolute atomic E-state index is 0.0613. The Morgan fingerprint density at radius 1 is 0.833 bits per heavy atom. The summed E-state index contributed by atoms with van der Waals surface area (Å²) < 4.78 is 26.4. The van der Waals surface area contributed by atoms with E-state index >= 15 is 0 Å². The van der Waals surface area contributed by atoms with Crippen molar-refractivity contribution in [1.82, 2.24) is 5.32 Å². The van der Waals surface area contributed by atoms with Crippen LogP contribution in [0, 0.1) is 5.41 Å². The van der Waals surface area contributed by atoms with Gasteiger partial charge in [-0.15, -0.1) is 0 Å². The Morgan fingerprint density at radius 3 is 1.67 bits per heavy atom. The van der Waals surface area contributed by atoms with E-state index in [9.17, 15) is 0 Å². The molecular formula is C13H28N6O5. The van der Waals surface area contributed by atoms with Gasteiger partial charge in [-0.3, -0.25) is 5.41 Å². The Kier molecular flexibility index (Phi) is 18.1. The lowest BCUT2D eigenvalue weighted by atomic mass is 10.6. The summed E-state index contributed by atoms with van der Waals surface area (Å²) in [5, 5.41) is 12.9. The standard InChI is InChI=1S/C13H28N6O5/c14-13(15)17-1-3-20-5-7-22-9-11-24-12-10-23-8-6-21-4-2-18-19-16/h1-12H2,(H4,14,15,17). The molecule has 11 heteroatoms. The molecule has 0 amide bonds. The predicted molar refractivity (Wildman–Crippen MR) is 88.0 cm³/mol. The second-order valence-corrected chi connectivity index (χ2v) is 4.36. The summed E-state index contributed by atoms with van der Waals surface area (Å²) in [5.41, 5.74) is 13.2. The highest BCUT2D eigenvalue weighted by Gasteiger charge is 1.93. The lowest BCUT2D eigenvalue weighted by molar-refractivity contribution is -0.0101. The molecule has 0 radical (unpaired) electrons. The second kappa shape index (κ2) is 19.4. The van der Waals surface area contributed by atoms with Gasteiger partial charge in [0.1, 0.15) is 0 Å². The number of nitrogens with two attached hydrogens (primary N) is 1. The number of rotatable bonds is 18. The number of azide groups is 1. The number of nitrogens with zero attached hydrogens (tertiary/aromatic N) is 3. The van der Waals surface area contributed by atoms with Crippen molar-refractivity contribution in [3.8, 4) is 0 Å².